The first-order valence-corrected chi connectivity index (χ1v) is 8.36. The Balaban J connectivity index is 1.98. The fourth-order valence-corrected chi connectivity index (χ4v) is 2.17. The first-order valence-electron chi connectivity index (χ1n) is 6.55. The highest BCUT2D eigenvalue weighted by Crippen LogP contribution is 2.19. The summed E-state index contributed by atoms with van der Waals surface area (Å²) in [6.45, 7) is 2.44. The van der Waals surface area contributed by atoms with Crippen LogP contribution in [0.1, 0.15) is 16.7 Å². The molecule has 0 aromatic heterocycles. The number of benzene rings is 2. The van der Waals surface area contributed by atoms with Gasteiger partial charge in [-0.05, 0) is 35.7 Å². The molecule has 2 rings (SSSR count). The highest BCUT2D eigenvalue weighted by atomic mass is 32.2. The number of hydrogen-bond acceptors (Lipinski definition) is 4. The molecule has 0 heterocycles. The molecular weight excluding hydrogens is 288 g/mol. The summed E-state index contributed by atoms with van der Waals surface area (Å²) < 4.78 is 32.5. The predicted molar refractivity (Wildman–Crippen MR) is 81.6 cm³/mol. The van der Waals surface area contributed by atoms with Crippen LogP contribution < -0.4 is 4.74 Å². The summed E-state index contributed by atoms with van der Waals surface area (Å²) >= 11 is 0. The zero-order chi connectivity index (χ0) is 15.3. The number of rotatable bonds is 6. The van der Waals surface area contributed by atoms with Gasteiger partial charge in [0.05, 0.1) is 12.9 Å². The lowest BCUT2D eigenvalue weighted by molar-refractivity contribution is 0.302. The minimum Gasteiger partial charge on any atom is -0.489 e. The standard InChI is InChI=1S/C16H18O4S/c1-13-10-16(19-11-14-6-4-3-5-7-14)9-8-15(13)12-20-21(2,17)18/h3-10H,11-12H2,1-2H3. The summed E-state index contributed by atoms with van der Waals surface area (Å²) in [5.41, 5.74) is 2.86. The van der Waals surface area contributed by atoms with E-state index in [1.165, 1.54) is 0 Å². The van der Waals surface area contributed by atoms with Crippen LogP contribution in [0.5, 0.6) is 5.75 Å². The van der Waals surface area contributed by atoms with E-state index in [0.29, 0.717) is 6.61 Å². The average molecular weight is 306 g/mol. The normalized spacial score (nSPS) is 11.3. The fraction of sp³-hybridized carbons (Fsp3) is 0.250. The van der Waals surface area contributed by atoms with Gasteiger partial charge in [0, 0.05) is 0 Å². The smallest absolute Gasteiger partial charge is 0.264 e. The molecule has 0 fully saturated rings. The van der Waals surface area contributed by atoms with Crippen molar-refractivity contribution in [1.29, 1.82) is 0 Å². The molecule has 5 heteroatoms. The lowest BCUT2D eigenvalue weighted by Gasteiger charge is -2.10. The molecule has 0 aliphatic rings. The van der Waals surface area contributed by atoms with Gasteiger partial charge in [0.2, 0.25) is 0 Å². The third-order valence-electron chi connectivity index (χ3n) is 2.99. The number of ether oxygens (including phenoxy) is 1. The summed E-state index contributed by atoms with van der Waals surface area (Å²) in [5, 5.41) is 0. The Bertz CT molecular complexity index is 693. The molecule has 21 heavy (non-hydrogen) atoms. The molecule has 2 aromatic carbocycles. The third-order valence-corrected chi connectivity index (χ3v) is 3.54. The van der Waals surface area contributed by atoms with Gasteiger partial charge < -0.3 is 4.74 Å². The van der Waals surface area contributed by atoms with Gasteiger partial charge in [-0.15, -0.1) is 0 Å². The second kappa shape index (κ2) is 6.74. The van der Waals surface area contributed by atoms with Gasteiger partial charge in [0.25, 0.3) is 10.1 Å². The highest BCUT2D eigenvalue weighted by molar-refractivity contribution is 7.85. The molecule has 112 valence electrons. The lowest BCUT2D eigenvalue weighted by atomic mass is 10.1. The largest absolute Gasteiger partial charge is 0.489 e. The van der Waals surface area contributed by atoms with Crippen LogP contribution in [0.4, 0.5) is 0 Å². The molecule has 0 bridgehead atoms. The molecule has 0 unspecified atom stereocenters. The van der Waals surface area contributed by atoms with Crippen LogP contribution in [-0.2, 0) is 27.5 Å². The van der Waals surface area contributed by atoms with E-state index in [0.717, 1.165) is 28.7 Å². The minimum absolute atomic E-state index is 0.0453. The maximum Gasteiger partial charge on any atom is 0.264 e. The van der Waals surface area contributed by atoms with Crippen LogP contribution in [-0.4, -0.2) is 14.7 Å². The Hall–Kier alpha value is -1.85. The quantitative estimate of drug-likeness (QED) is 0.770. The van der Waals surface area contributed by atoms with Gasteiger partial charge in [0.15, 0.2) is 0 Å². The van der Waals surface area contributed by atoms with Crippen LogP contribution in [0.25, 0.3) is 0 Å². The topological polar surface area (TPSA) is 52.6 Å². The van der Waals surface area contributed by atoms with Crippen LogP contribution in [0, 0.1) is 6.92 Å². The molecular formula is C16H18O4S. The van der Waals surface area contributed by atoms with E-state index in [1.54, 1.807) is 0 Å². The molecule has 0 saturated carbocycles. The Morgan fingerprint density at radius 1 is 1.00 bits per heavy atom. The molecule has 0 saturated heterocycles. The molecule has 0 aliphatic carbocycles. The highest BCUT2D eigenvalue weighted by Gasteiger charge is 2.06. The van der Waals surface area contributed by atoms with Gasteiger partial charge in [-0.2, -0.15) is 8.42 Å². The first kappa shape index (κ1) is 15.5. The SMILES string of the molecule is Cc1cc(OCc2ccccc2)ccc1COS(C)(=O)=O. The Kier molecular flexibility index (Phi) is 4.98. The van der Waals surface area contributed by atoms with E-state index in [1.807, 2.05) is 55.5 Å². The van der Waals surface area contributed by atoms with Crippen molar-refractivity contribution in [3.05, 3.63) is 65.2 Å². The van der Waals surface area contributed by atoms with Crippen molar-refractivity contribution in [3.63, 3.8) is 0 Å². The number of hydrogen-bond donors (Lipinski definition) is 0. The lowest BCUT2D eigenvalue weighted by Crippen LogP contribution is -2.04. The zero-order valence-electron chi connectivity index (χ0n) is 12.1. The summed E-state index contributed by atoms with van der Waals surface area (Å²) in [7, 11) is -3.43. The molecule has 2 aromatic rings. The van der Waals surface area contributed by atoms with Gasteiger partial charge in [-0.25, -0.2) is 0 Å². The number of aryl methyl sites for hydroxylation is 1. The average Bonchev–Trinajstić information content (AvgIpc) is 2.44. The van der Waals surface area contributed by atoms with Crippen molar-refractivity contribution in [2.45, 2.75) is 20.1 Å². The fourth-order valence-electron chi connectivity index (χ4n) is 1.83. The Morgan fingerprint density at radius 3 is 2.33 bits per heavy atom. The van der Waals surface area contributed by atoms with E-state index < -0.39 is 10.1 Å². The van der Waals surface area contributed by atoms with E-state index in [2.05, 4.69) is 0 Å². The van der Waals surface area contributed by atoms with E-state index in [4.69, 9.17) is 8.92 Å². The van der Waals surface area contributed by atoms with Gasteiger partial charge in [-0.3, -0.25) is 4.18 Å². The van der Waals surface area contributed by atoms with Crippen molar-refractivity contribution in [2.75, 3.05) is 6.26 Å². The van der Waals surface area contributed by atoms with Gasteiger partial charge >= 0.3 is 0 Å². The maximum atomic E-state index is 11.0. The summed E-state index contributed by atoms with van der Waals surface area (Å²) in [4.78, 5) is 0. The van der Waals surface area contributed by atoms with Crippen LogP contribution in [0.2, 0.25) is 0 Å². The molecule has 0 aliphatic heterocycles. The second-order valence-corrected chi connectivity index (χ2v) is 6.47. The molecule has 0 spiro atoms. The monoisotopic (exact) mass is 306 g/mol. The van der Waals surface area contributed by atoms with E-state index in [9.17, 15) is 8.42 Å². The van der Waals surface area contributed by atoms with E-state index >= 15 is 0 Å². The molecule has 4 nitrogen and oxygen atoms in total. The van der Waals surface area contributed by atoms with Crippen LogP contribution in [0.3, 0.4) is 0 Å². The predicted octanol–water partition coefficient (Wildman–Crippen LogP) is 3.05. The van der Waals surface area contributed by atoms with Crippen molar-refractivity contribution in [2.24, 2.45) is 0 Å². The molecule has 0 radical (unpaired) electrons. The molecule has 0 N–H and O–H groups in total. The van der Waals surface area contributed by atoms with Crippen molar-refractivity contribution in [1.82, 2.24) is 0 Å². The first-order chi connectivity index (χ1) is 9.94. The Labute approximate surface area is 125 Å². The summed E-state index contributed by atoms with van der Waals surface area (Å²) in [5.74, 6) is 0.749. The van der Waals surface area contributed by atoms with Crippen molar-refractivity contribution >= 4 is 10.1 Å². The third kappa shape index (κ3) is 5.21. The van der Waals surface area contributed by atoms with Crippen LogP contribution >= 0.6 is 0 Å². The maximum absolute atomic E-state index is 11.0. The van der Waals surface area contributed by atoms with Gasteiger partial charge in [0.1, 0.15) is 12.4 Å². The summed E-state index contributed by atoms with van der Waals surface area (Å²) in [6.07, 6.45) is 1.04. The summed E-state index contributed by atoms with van der Waals surface area (Å²) in [6, 6.07) is 15.4. The van der Waals surface area contributed by atoms with Crippen LogP contribution in [0.15, 0.2) is 48.5 Å². The molecule has 0 atom stereocenters. The van der Waals surface area contributed by atoms with Gasteiger partial charge in [-0.1, -0.05) is 36.4 Å². The molecule has 0 amide bonds. The van der Waals surface area contributed by atoms with E-state index in [-0.39, 0.29) is 6.61 Å². The Morgan fingerprint density at radius 2 is 1.71 bits per heavy atom. The zero-order valence-corrected chi connectivity index (χ0v) is 12.9. The second-order valence-electron chi connectivity index (χ2n) is 4.83. The van der Waals surface area contributed by atoms with Crippen molar-refractivity contribution in [3.8, 4) is 5.75 Å². The minimum atomic E-state index is -3.43. The van der Waals surface area contributed by atoms with Crippen molar-refractivity contribution < 1.29 is 17.3 Å².